The molecule has 0 aliphatic carbocycles. The summed E-state index contributed by atoms with van der Waals surface area (Å²) in [5.41, 5.74) is 2.10. The Kier molecular flexibility index (Phi) is 3.76. The maximum absolute atomic E-state index is 11.8. The Labute approximate surface area is 127 Å². The van der Waals surface area contributed by atoms with E-state index >= 15 is 0 Å². The molecule has 1 saturated heterocycles. The third-order valence-electron chi connectivity index (χ3n) is 3.44. The number of para-hydroxylation sites is 1. The lowest BCUT2D eigenvalue weighted by Crippen LogP contribution is -2.27. The van der Waals surface area contributed by atoms with E-state index in [9.17, 15) is 4.79 Å². The molecule has 0 saturated carbocycles. The van der Waals surface area contributed by atoms with E-state index in [0.29, 0.717) is 5.75 Å². The lowest BCUT2D eigenvalue weighted by molar-refractivity contribution is -0.127. The zero-order chi connectivity index (χ0) is 14.1. The summed E-state index contributed by atoms with van der Waals surface area (Å²) in [6.45, 7) is 2.76. The third kappa shape index (κ3) is 2.34. The van der Waals surface area contributed by atoms with Crippen LogP contribution >= 0.6 is 23.4 Å². The fourth-order valence-electron chi connectivity index (χ4n) is 2.44. The molecule has 2 aromatic rings. The minimum Gasteiger partial charge on any atom is -0.326 e. The normalized spacial score (nSPS) is 18.8. The highest BCUT2D eigenvalue weighted by molar-refractivity contribution is 8.00. The van der Waals surface area contributed by atoms with E-state index in [2.05, 4.69) is 12.3 Å². The fraction of sp³-hybridized carbons (Fsp3) is 0.267. The van der Waals surface area contributed by atoms with Gasteiger partial charge in [0.25, 0.3) is 0 Å². The van der Waals surface area contributed by atoms with Crippen LogP contribution in [0.4, 0.5) is 0 Å². The third-order valence-corrected chi connectivity index (χ3v) is 5.02. The molecule has 0 bridgehead atoms. The highest BCUT2D eigenvalue weighted by atomic mass is 35.5. The van der Waals surface area contributed by atoms with Crippen LogP contribution in [0.3, 0.4) is 0 Å². The van der Waals surface area contributed by atoms with Crippen LogP contribution in [0.25, 0.3) is 5.69 Å². The second kappa shape index (κ2) is 5.54. The first-order chi connectivity index (χ1) is 9.70. The van der Waals surface area contributed by atoms with Gasteiger partial charge in [0.15, 0.2) is 0 Å². The quantitative estimate of drug-likeness (QED) is 0.863. The van der Waals surface area contributed by atoms with Crippen molar-refractivity contribution >= 4 is 29.3 Å². The van der Waals surface area contributed by atoms with E-state index in [1.807, 2.05) is 46.9 Å². The van der Waals surface area contributed by atoms with Crippen LogP contribution in [0.5, 0.6) is 0 Å². The maximum atomic E-state index is 11.8. The number of carbonyl (C=O) groups is 1. The summed E-state index contributed by atoms with van der Waals surface area (Å²) < 4.78 is 2.01. The number of carbonyl (C=O) groups excluding carboxylic acids is 1. The van der Waals surface area contributed by atoms with Crippen LogP contribution in [-0.2, 0) is 4.79 Å². The molecule has 1 fully saturated rings. The van der Waals surface area contributed by atoms with Gasteiger partial charge < -0.3 is 9.47 Å². The van der Waals surface area contributed by atoms with Crippen molar-refractivity contribution in [3.8, 4) is 5.69 Å². The average molecular weight is 307 g/mol. The Balaban J connectivity index is 1.91. The molecular formula is C15H15ClN2OS. The largest absolute Gasteiger partial charge is 0.326 e. The monoisotopic (exact) mass is 306 g/mol. The predicted molar refractivity (Wildman–Crippen MR) is 83.4 cm³/mol. The van der Waals surface area contributed by atoms with Crippen LogP contribution in [0, 0.1) is 0 Å². The Bertz CT molecular complexity index is 640. The summed E-state index contributed by atoms with van der Waals surface area (Å²) in [6.07, 6.45) is 4.05. The Hall–Kier alpha value is -1.39. The summed E-state index contributed by atoms with van der Waals surface area (Å²) in [6, 6.07) is 9.80. The molecule has 1 aliphatic heterocycles. The highest BCUT2D eigenvalue weighted by Gasteiger charge is 2.31. The van der Waals surface area contributed by atoms with Crippen molar-refractivity contribution < 1.29 is 4.79 Å². The first kappa shape index (κ1) is 13.6. The van der Waals surface area contributed by atoms with Crippen molar-refractivity contribution in [3.05, 3.63) is 53.3 Å². The number of amides is 1. The molecule has 1 aromatic carbocycles. The van der Waals surface area contributed by atoms with E-state index in [1.54, 1.807) is 11.8 Å². The molecule has 1 atom stereocenters. The molecule has 1 aromatic heterocycles. The SMILES string of the molecule is CCN1C(=O)CS[C@@H]1c1ccn(-c2ccccc2Cl)c1. The molecule has 3 rings (SSSR count). The molecule has 1 amide bonds. The average Bonchev–Trinajstić information content (AvgIpc) is 3.05. The maximum Gasteiger partial charge on any atom is 0.233 e. The van der Waals surface area contributed by atoms with E-state index in [0.717, 1.165) is 22.8 Å². The minimum absolute atomic E-state index is 0.122. The van der Waals surface area contributed by atoms with Crippen LogP contribution in [0.15, 0.2) is 42.7 Å². The number of aromatic nitrogens is 1. The molecule has 0 N–H and O–H groups in total. The lowest BCUT2D eigenvalue weighted by atomic mass is 10.3. The topological polar surface area (TPSA) is 25.2 Å². The van der Waals surface area contributed by atoms with Gasteiger partial charge in [0.05, 0.1) is 16.5 Å². The number of halogens is 1. The zero-order valence-corrected chi connectivity index (χ0v) is 12.7. The number of benzene rings is 1. The van der Waals surface area contributed by atoms with Gasteiger partial charge in [-0.1, -0.05) is 23.7 Å². The summed E-state index contributed by atoms with van der Waals surface area (Å²) in [7, 11) is 0. The van der Waals surface area contributed by atoms with Crippen LogP contribution in [-0.4, -0.2) is 27.7 Å². The first-order valence-corrected chi connectivity index (χ1v) is 7.97. The van der Waals surface area contributed by atoms with E-state index in [4.69, 9.17) is 11.6 Å². The molecule has 20 heavy (non-hydrogen) atoms. The molecule has 5 heteroatoms. The number of hydrogen-bond donors (Lipinski definition) is 0. The van der Waals surface area contributed by atoms with Crippen LogP contribution in [0.1, 0.15) is 17.9 Å². The molecule has 0 spiro atoms. The summed E-state index contributed by atoms with van der Waals surface area (Å²) >= 11 is 7.90. The van der Waals surface area contributed by atoms with Crippen LogP contribution < -0.4 is 0 Å². The van der Waals surface area contributed by atoms with Gasteiger partial charge in [-0.05, 0) is 25.1 Å². The zero-order valence-electron chi connectivity index (χ0n) is 11.1. The van der Waals surface area contributed by atoms with Gasteiger partial charge in [0, 0.05) is 24.5 Å². The Morgan fingerprint density at radius 2 is 2.15 bits per heavy atom. The molecule has 2 heterocycles. The fourth-order valence-corrected chi connectivity index (χ4v) is 3.92. The van der Waals surface area contributed by atoms with Gasteiger partial charge in [-0.25, -0.2) is 0 Å². The summed E-state index contributed by atoms with van der Waals surface area (Å²) in [5, 5.41) is 0.841. The van der Waals surface area contributed by atoms with Crippen molar-refractivity contribution in [2.24, 2.45) is 0 Å². The molecular weight excluding hydrogens is 292 g/mol. The van der Waals surface area contributed by atoms with Gasteiger partial charge in [0.1, 0.15) is 5.37 Å². The van der Waals surface area contributed by atoms with Gasteiger partial charge in [0.2, 0.25) is 5.91 Å². The van der Waals surface area contributed by atoms with Crippen molar-refractivity contribution in [1.82, 2.24) is 9.47 Å². The van der Waals surface area contributed by atoms with Crippen molar-refractivity contribution in [2.75, 3.05) is 12.3 Å². The lowest BCUT2D eigenvalue weighted by Gasteiger charge is -2.21. The molecule has 0 radical (unpaired) electrons. The number of thioether (sulfide) groups is 1. The van der Waals surface area contributed by atoms with Crippen LogP contribution in [0.2, 0.25) is 5.02 Å². The molecule has 1 aliphatic rings. The van der Waals surface area contributed by atoms with E-state index < -0.39 is 0 Å². The van der Waals surface area contributed by atoms with Gasteiger partial charge in [-0.15, -0.1) is 11.8 Å². The van der Waals surface area contributed by atoms with Crippen molar-refractivity contribution in [3.63, 3.8) is 0 Å². The van der Waals surface area contributed by atoms with E-state index in [-0.39, 0.29) is 11.3 Å². The van der Waals surface area contributed by atoms with Crippen molar-refractivity contribution in [2.45, 2.75) is 12.3 Å². The van der Waals surface area contributed by atoms with Gasteiger partial charge >= 0.3 is 0 Å². The molecule has 3 nitrogen and oxygen atoms in total. The second-order valence-corrected chi connectivity index (χ2v) is 6.12. The van der Waals surface area contributed by atoms with Gasteiger partial charge in [-0.3, -0.25) is 4.79 Å². The summed E-state index contributed by atoms with van der Waals surface area (Å²) in [4.78, 5) is 13.7. The number of nitrogens with zero attached hydrogens (tertiary/aromatic N) is 2. The second-order valence-electron chi connectivity index (χ2n) is 4.65. The molecule has 104 valence electrons. The number of hydrogen-bond acceptors (Lipinski definition) is 2. The Morgan fingerprint density at radius 1 is 1.35 bits per heavy atom. The highest BCUT2D eigenvalue weighted by Crippen LogP contribution is 2.38. The standard InChI is InChI=1S/C15H15ClN2OS/c1-2-18-14(19)10-20-15(18)11-7-8-17(9-11)13-6-4-3-5-12(13)16/h3-9,15H,2,10H2,1H3/t15-/m1/s1. The first-order valence-electron chi connectivity index (χ1n) is 6.54. The smallest absolute Gasteiger partial charge is 0.233 e. The minimum atomic E-state index is 0.122. The van der Waals surface area contributed by atoms with Crippen molar-refractivity contribution in [1.29, 1.82) is 0 Å². The van der Waals surface area contributed by atoms with Gasteiger partial charge in [-0.2, -0.15) is 0 Å². The molecule has 0 unspecified atom stereocenters. The number of rotatable bonds is 3. The predicted octanol–water partition coefficient (Wildman–Crippen LogP) is 3.72. The Morgan fingerprint density at radius 3 is 2.90 bits per heavy atom. The summed E-state index contributed by atoms with van der Waals surface area (Å²) in [5.74, 6) is 0.781. The van der Waals surface area contributed by atoms with E-state index in [1.165, 1.54) is 0 Å².